The molecule has 108 valence electrons. The molecule has 0 aromatic heterocycles. The van der Waals surface area contributed by atoms with Crippen LogP contribution in [0, 0.1) is 37.5 Å². The van der Waals surface area contributed by atoms with E-state index in [1.807, 2.05) is 13.8 Å². The summed E-state index contributed by atoms with van der Waals surface area (Å²) in [6, 6.07) is 0. The summed E-state index contributed by atoms with van der Waals surface area (Å²) in [7, 11) is 0. The van der Waals surface area contributed by atoms with E-state index in [1.165, 1.54) is 0 Å². The Balaban J connectivity index is 2.39. The van der Waals surface area contributed by atoms with Crippen molar-refractivity contribution in [2.45, 2.75) is 65.6 Å². The number of Topliss-reactive ketones (excluding diaryl/α,β-unsaturated/α-hetero) is 1. The maximum absolute atomic E-state index is 11.8. The average Bonchev–Trinajstić information content (AvgIpc) is 2.39. The Kier molecular flexibility index (Phi) is 7.67. The lowest BCUT2D eigenvalue weighted by Crippen LogP contribution is -2.34. The second kappa shape index (κ2) is 8.73. The molecule has 1 fully saturated rings. The first kappa shape index (κ1) is 16.7. The van der Waals surface area contributed by atoms with Crippen molar-refractivity contribution < 1.29 is 9.53 Å². The van der Waals surface area contributed by atoms with Crippen molar-refractivity contribution >= 4 is 5.78 Å². The summed E-state index contributed by atoms with van der Waals surface area (Å²) in [5.74, 6) is 0.501. The number of hydrogen-bond donors (Lipinski definition) is 0. The second-order valence-corrected chi connectivity index (χ2v) is 5.45. The van der Waals surface area contributed by atoms with Gasteiger partial charge in [0.15, 0.2) is 0 Å². The normalized spacial score (nSPS) is 26.9. The van der Waals surface area contributed by atoms with Crippen LogP contribution in [0.1, 0.15) is 53.4 Å². The lowest BCUT2D eigenvalue weighted by atomic mass is 9.85. The van der Waals surface area contributed by atoms with Gasteiger partial charge in [0.1, 0.15) is 5.78 Å². The van der Waals surface area contributed by atoms with Crippen LogP contribution < -0.4 is 0 Å². The highest BCUT2D eigenvalue weighted by Crippen LogP contribution is 2.28. The van der Waals surface area contributed by atoms with Crippen molar-refractivity contribution in [3.05, 3.63) is 25.7 Å². The molecular formula is C17H28O2. The van der Waals surface area contributed by atoms with Crippen LogP contribution in [0.5, 0.6) is 0 Å². The summed E-state index contributed by atoms with van der Waals surface area (Å²) < 4.78 is 6.07. The van der Waals surface area contributed by atoms with E-state index in [4.69, 9.17) is 4.74 Å². The summed E-state index contributed by atoms with van der Waals surface area (Å²) in [5, 5.41) is 0. The summed E-state index contributed by atoms with van der Waals surface area (Å²) in [6.45, 7) is 8.26. The average molecular weight is 264 g/mol. The number of carbonyl (C=O) groups is 1. The predicted octanol–water partition coefficient (Wildman–Crippen LogP) is 4.01. The number of ketones is 1. The molecule has 19 heavy (non-hydrogen) atoms. The van der Waals surface area contributed by atoms with Gasteiger partial charge in [-0.3, -0.25) is 4.79 Å². The highest BCUT2D eigenvalue weighted by atomic mass is 16.5. The predicted molar refractivity (Wildman–Crippen MR) is 79.0 cm³/mol. The molecule has 0 aliphatic carbocycles. The van der Waals surface area contributed by atoms with E-state index in [1.54, 1.807) is 6.42 Å². The first-order valence-corrected chi connectivity index (χ1v) is 7.62. The third-order valence-electron chi connectivity index (χ3n) is 3.65. The first-order chi connectivity index (χ1) is 9.08. The summed E-state index contributed by atoms with van der Waals surface area (Å²) >= 11 is 0. The highest BCUT2D eigenvalue weighted by molar-refractivity contribution is 5.89. The number of hydrogen-bond acceptors (Lipinski definition) is 2. The molecule has 0 bridgehead atoms. The van der Waals surface area contributed by atoms with E-state index in [0.717, 1.165) is 25.7 Å². The van der Waals surface area contributed by atoms with Crippen molar-refractivity contribution in [2.75, 3.05) is 0 Å². The third kappa shape index (κ3) is 5.64. The zero-order valence-corrected chi connectivity index (χ0v) is 12.8. The van der Waals surface area contributed by atoms with Crippen LogP contribution in [0.25, 0.3) is 0 Å². The van der Waals surface area contributed by atoms with E-state index < -0.39 is 0 Å². The van der Waals surface area contributed by atoms with Gasteiger partial charge in [-0.25, -0.2) is 0 Å². The molecule has 0 aromatic rings. The van der Waals surface area contributed by atoms with Crippen LogP contribution in [0.3, 0.4) is 0 Å². The Hall–Kier alpha value is -0.370. The van der Waals surface area contributed by atoms with Crippen LogP contribution in [-0.2, 0) is 9.53 Å². The van der Waals surface area contributed by atoms with E-state index in [9.17, 15) is 4.79 Å². The molecule has 1 saturated heterocycles. The van der Waals surface area contributed by atoms with Gasteiger partial charge in [0.25, 0.3) is 0 Å². The molecule has 2 nitrogen and oxygen atoms in total. The lowest BCUT2D eigenvalue weighted by Gasteiger charge is -2.34. The molecule has 0 amide bonds. The van der Waals surface area contributed by atoms with Crippen molar-refractivity contribution in [1.29, 1.82) is 0 Å². The van der Waals surface area contributed by atoms with E-state index in [2.05, 4.69) is 33.1 Å². The minimum atomic E-state index is -0.0116. The monoisotopic (exact) mass is 264 g/mol. The van der Waals surface area contributed by atoms with Crippen LogP contribution in [0.4, 0.5) is 0 Å². The van der Waals surface area contributed by atoms with Gasteiger partial charge in [0.2, 0.25) is 0 Å². The fraction of sp³-hybridized carbons (Fsp3) is 0.706. The largest absolute Gasteiger partial charge is 0.374 e. The Labute approximate surface area is 119 Å². The molecule has 4 atom stereocenters. The number of carbonyl (C=O) groups excluding carboxylic acids is 1. The summed E-state index contributed by atoms with van der Waals surface area (Å²) in [4.78, 5) is 11.8. The van der Waals surface area contributed by atoms with Gasteiger partial charge in [0.05, 0.1) is 12.2 Å². The smallest absolute Gasteiger partial charge is 0.139 e. The zero-order chi connectivity index (χ0) is 14.3. The zero-order valence-electron chi connectivity index (χ0n) is 12.8. The lowest BCUT2D eigenvalue weighted by molar-refractivity contribution is -0.118. The quantitative estimate of drug-likeness (QED) is 0.662. The summed E-state index contributed by atoms with van der Waals surface area (Å²) in [6.07, 6.45) is 12.9. The molecule has 0 spiro atoms. The minimum absolute atomic E-state index is 0.0116. The molecule has 2 heteroatoms. The van der Waals surface area contributed by atoms with Crippen molar-refractivity contribution in [3.63, 3.8) is 0 Å². The van der Waals surface area contributed by atoms with Crippen LogP contribution in [0.15, 0.2) is 0 Å². The van der Waals surface area contributed by atoms with E-state index >= 15 is 0 Å². The molecule has 0 saturated carbocycles. The van der Waals surface area contributed by atoms with E-state index in [0.29, 0.717) is 0 Å². The first-order valence-electron chi connectivity index (χ1n) is 7.62. The molecule has 1 aliphatic heterocycles. The SMILES string of the molecule is CC[CH]C(=O)[C@@H](C)[CH][C@H](C)[C@H]1[CH]CC[C@H]([CH]CC)O1. The van der Waals surface area contributed by atoms with Gasteiger partial charge >= 0.3 is 0 Å². The van der Waals surface area contributed by atoms with Gasteiger partial charge in [-0.05, 0) is 44.4 Å². The van der Waals surface area contributed by atoms with Gasteiger partial charge in [0, 0.05) is 12.3 Å². The molecule has 4 radical (unpaired) electrons. The number of ether oxygens (including phenoxy) is 1. The molecule has 1 aliphatic rings. The van der Waals surface area contributed by atoms with Gasteiger partial charge in [-0.1, -0.05) is 34.1 Å². The van der Waals surface area contributed by atoms with Crippen molar-refractivity contribution in [1.82, 2.24) is 0 Å². The molecule has 1 heterocycles. The minimum Gasteiger partial charge on any atom is -0.374 e. The fourth-order valence-corrected chi connectivity index (χ4v) is 2.57. The van der Waals surface area contributed by atoms with Gasteiger partial charge in [-0.15, -0.1) is 0 Å². The van der Waals surface area contributed by atoms with Crippen molar-refractivity contribution in [2.24, 2.45) is 11.8 Å². The Morgan fingerprint density at radius 1 is 1.37 bits per heavy atom. The Bertz CT molecular complexity index is 260. The molecule has 0 unspecified atom stereocenters. The molecule has 0 N–H and O–H groups in total. The maximum Gasteiger partial charge on any atom is 0.139 e. The Morgan fingerprint density at radius 3 is 2.74 bits per heavy atom. The Morgan fingerprint density at radius 2 is 2.11 bits per heavy atom. The van der Waals surface area contributed by atoms with E-state index in [-0.39, 0.29) is 29.8 Å². The van der Waals surface area contributed by atoms with Crippen molar-refractivity contribution in [3.8, 4) is 0 Å². The topological polar surface area (TPSA) is 26.3 Å². The second-order valence-electron chi connectivity index (χ2n) is 5.45. The number of rotatable bonds is 8. The van der Waals surface area contributed by atoms with Crippen LogP contribution in [-0.4, -0.2) is 18.0 Å². The maximum atomic E-state index is 11.8. The molecule has 1 rings (SSSR count). The van der Waals surface area contributed by atoms with Crippen LogP contribution >= 0.6 is 0 Å². The molecular weight excluding hydrogens is 236 g/mol. The van der Waals surface area contributed by atoms with Crippen LogP contribution in [0.2, 0.25) is 0 Å². The van der Waals surface area contributed by atoms with Gasteiger partial charge in [-0.2, -0.15) is 0 Å². The summed E-state index contributed by atoms with van der Waals surface area (Å²) in [5.41, 5.74) is 0. The van der Waals surface area contributed by atoms with Gasteiger partial charge < -0.3 is 4.74 Å². The molecule has 0 aromatic carbocycles. The fourth-order valence-electron chi connectivity index (χ4n) is 2.57. The third-order valence-corrected chi connectivity index (χ3v) is 3.65. The standard InChI is InChI=1S/C17H28O2/c1-5-8-15-10-7-11-17(19-15)14(4)12-13(3)16(18)9-6-2/h8-9,11-15,17H,5-7,10H2,1-4H3/t13-,14-,15-,17+/m0/s1. The highest BCUT2D eigenvalue weighted by Gasteiger charge is 2.28.